The van der Waals surface area contributed by atoms with Gasteiger partial charge in [-0.3, -0.25) is 4.79 Å². The molecule has 0 bridgehead atoms. The number of pyridine rings is 1. The van der Waals surface area contributed by atoms with Gasteiger partial charge in [0.1, 0.15) is 5.65 Å². The molecule has 0 unspecified atom stereocenters. The maximum Gasteiger partial charge on any atom is 0.259 e. The topological polar surface area (TPSA) is 87.0 Å². The van der Waals surface area contributed by atoms with Crippen LogP contribution in [-0.4, -0.2) is 40.8 Å². The molecular weight excluding hydrogens is 346 g/mol. The fourth-order valence-corrected chi connectivity index (χ4v) is 4.79. The molecule has 2 aromatic rings. The number of nitrogens with zero attached hydrogens (tertiary/aromatic N) is 2. The summed E-state index contributed by atoms with van der Waals surface area (Å²) in [4.78, 5) is 23.2. The number of carbonyl (C=O) groups excluding carboxylic acids is 1. The molecule has 6 nitrogen and oxygen atoms in total. The molecule has 1 amide bonds. The summed E-state index contributed by atoms with van der Waals surface area (Å²) in [5.74, 6) is 1.30. The first kappa shape index (κ1) is 17.4. The molecule has 0 saturated heterocycles. The zero-order chi connectivity index (χ0) is 18.1. The van der Waals surface area contributed by atoms with Gasteiger partial charge in [0.2, 0.25) is 0 Å². The van der Waals surface area contributed by atoms with E-state index in [-0.39, 0.29) is 11.9 Å². The van der Waals surface area contributed by atoms with E-state index < -0.39 is 0 Å². The van der Waals surface area contributed by atoms with Gasteiger partial charge in [0.05, 0.1) is 10.6 Å². The largest absolute Gasteiger partial charge is 0.351 e. The third-order valence-corrected chi connectivity index (χ3v) is 6.38. The Balaban J connectivity index is 1.51. The number of aromatic amines is 1. The lowest BCUT2D eigenvalue weighted by molar-refractivity contribution is -0.117. The number of carbonyl (C=O) groups is 1. The van der Waals surface area contributed by atoms with Crippen LogP contribution in [0.3, 0.4) is 0 Å². The molecule has 4 rings (SSSR count). The lowest BCUT2D eigenvalue weighted by Crippen LogP contribution is -2.37. The van der Waals surface area contributed by atoms with Gasteiger partial charge in [-0.05, 0) is 37.3 Å². The van der Waals surface area contributed by atoms with Crippen LogP contribution < -0.4 is 16.0 Å². The van der Waals surface area contributed by atoms with Crippen LogP contribution in [0.1, 0.15) is 24.8 Å². The third-order valence-electron chi connectivity index (χ3n) is 5.39. The first-order chi connectivity index (χ1) is 12.6. The van der Waals surface area contributed by atoms with Crippen LogP contribution >= 0.6 is 11.8 Å². The molecule has 2 atom stereocenters. The van der Waals surface area contributed by atoms with E-state index in [0.29, 0.717) is 12.5 Å². The van der Waals surface area contributed by atoms with Crippen molar-refractivity contribution in [2.24, 2.45) is 11.7 Å². The maximum absolute atomic E-state index is 12.6. The SMILES string of the molecule is Cc1c[nH]c2nccc(N3C=C(C(=O)NC[C@H]4CCC[C@H]4N)SCC3)c12. The highest BCUT2D eigenvalue weighted by Gasteiger charge is 2.25. The number of H-pyrrole nitrogens is 1. The van der Waals surface area contributed by atoms with E-state index in [1.54, 1.807) is 11.8 Å². The fourth-order valence-electron chi connectivity index (χ4n) is 3.88. The van der Waals surface area contributed by atoms with Gasteiger partial charge in [-0.2, -0.15) is 0 Å². The number of anilines is 1. The summed E-state index contributed by atoms with van der Waals surface area (Å²) in [6.45, 7) is 3.62. The number of rotatable bonds is 4. The highest BCUT2D eigenvalue weighted by atomic mass is 32.2. The summed E-state index contributed by atoms with van der Waals surface area (Å²) < 4.78 is 0. The number of nitrogens with one attached hydrogen (secondary N) is 2. The van der Waals surface area contributed by atoms with Crippen LogP contribution in [0.4, 0.5) is 5.69 Å². The first-order valence-corrected chi connectivity index (χ1v) is 10.2. The predicted octanol–water partition coefficient (Wildman–Crippen LogP) is 2.51. The van der Waals surface area contributed by atoms with E-state index in [1.165, 1.54) is 6.42 Å². The molecule has 1 aliphatic carbocycles. The summed E-state index contributed by atoms with van der Waals surface area (Å²) in [5, 5.41) is 4.20. The number of hydrogen-bond donors (Lipinski definition) is 3. The Bertz CT molecular complexity index is 846. The zero-order valence-electron chi connectivity index (χ0n) is 15.0. The van der Waals surface area contributed by atoms with Crippen LogP contribution in [0, 0.1) is 12.8 Å². The number of fused-ring (bicyclic) bond motifs is 1. The van der Waals surface area contributed by atoms with Crippen molar-refractivity contribution in [1.29, 1.82) is 0 Å². The normalized spacial score (nSPS) is 23.3. The lowest BCUT2D eigenvalue weighted by atomic mass is 10.1. The fraction of sp³-hybridized carbons (Fsp3) is 0.474. The van der Waals surface area contributed by atoms with Gasteiger partial charge in [0.25, 0.3) is 5.91 Å². The van der Waals surface area contributed by atoms with Crippen LogP contribution in [-0.2, 0) is 4.79 Å². The second kappa shape index (κ2) is 7.32. The van der Waals surface area contributed by atoms with Crippen molar-refractivity contribution in [2.75, 3.05) is 23.7 Å². The molecule has 7 heteroatoms. The van der Waals surface area contributed by atoms with Gasteiger partial charge in [0.15, 0.2) is 0 Å². The minimum atomic E-state index is 0.00916. The number of aromatic nitrogens is 2. The molecule has 138 valence electrons. The molecule has 1 aliphatic heterocycles. The maximum atomic E-state index is 12.6. The van der Waals surface area contributed by atoms with Crippen LogP contribution in [0.15, 0.2) is 29.6 Å². The zero-order valence-corrected chi connectivity index (χ0v) is 15.8. The summed E-state index contributed by atoms with van der Waals surface area (Å²) in [6.07, 6.45) is 9.11. The third kappa shape index (κ3) is 3.33. The molecule has 0 aromatic carbocycles. The highest BCUT2D eigenvalue weighted by Crippen LogP contribution is 2.32. The van der Waals surface area contributed by atoms with Gasteiger partial charge in [0, 0.05) is 48.9 Å². The van der Waals surface area contributed by atoms with Crippen molar-refractivity contribution < 1.29 is 4.79 Å². The quantitative estimate of drug-likeness (QED) is 0.769. The smallest absolute Gasteiger partial charge is 0.259 e. The van der Waals surface area contributed by atoms with E-state index in [9.17, 15) is 4.79 Å². The van der Waals surface area contributed by atoms with E-state index >= 15 is 0 Å². The Kier molecular flexibility index (Phi) is 4.91. The summed E-state index contributed by atoms with van der Waals surface area (Å²) in [5.41, 5.74) is 9.25. The monoisotopic (exact) mass is 371 g/mol. The number of amides is 1. The molecule has 1 saturated carbocycles. The number of thioether (sulfide) groups is 1. The molecule has 2 aliphatic rings. The molecule has 3 heterocycles. The van der Waals surface area contributed by atoms with E-state index in [4.69, 9.17) is 5.73 Å². The Morgan fingerprint density at radius 1 is 1.50 bits per heavy atom. The van der Waals surface area contributed by atoms with Gasteiger partial charge >= 0.3 is 0 Å². The molecule has 4 N–H and O–H groups in total. The van der Waals surface area contributed by atoms with Gasteiger partial charge in [-0.25, -0.2) is 4.98 Å². The Labute approximate surface area is 157 Å². The minimum Gasteiger partial charge on any atom is -0.351 e. The average Bonchev–Trinajstić information content (AvgIpc) is 3.25. The average molecular weight is 372 g/mol. The second-order valence-corrected chi connectivity index (χ2v) is 8.26. The van der Waals surface area contributed by atoms with Crippen LogP contribution in [0.25, 0.3) is 11.0 Å². The van der Waals surface area contributed by atoms with Crippen LogP contribution in [0.2, 0.25) is 0 Å². The molecule has 0 radical (unpaired) electrons. The van der Waals surface area contributed by atoms with Crippen molar-refractivity contribution in [3.8, 4) is 0 Å². The molecule has 0 spiro atoms. The standard InChI is InChI=1S/C19H25N5OS/c1-12-9-22-18-17(12)15(5-6-21-18)24-7-8-26-16(11-24)19(25)23-10-13-3-2-4-14(13)20/h5-6,9,11,13-14H,2-4,7-8,10,20H2,1H3,(H,21,22)(H,23,25)/t13-,14-/m1/s1. The van der Waals surface area contributed by atoms with E-state index in [1.807, 2.05) is 24.7 Å². The number of aryl methyl sites for hydroxylation is 1. The van der Waals surface area contributed by atoms with Gasteiger partial charge < -0.3 is 20.9 Å². The predicted molar refractivity (Wildman–Crippen MR) is 107 cm³/mol. The lowest BCUT2D eigenvalue weighted by Gasteiger charge is -2.27. The summed E-state index contributed by atoms with van der Waals surface area (Å²) in [7, 11) is 0. The van der Waals surface area contributed by atoms with Crippen molar-refractivity contribution in [2.45, 2.75) is 32.2 Å². The van der Waals surface area contributed by atoms with Crippen molar-refractivity contribution >= 4 is 34.4 Å². The van der Waals surface area contributed by atoms with E-state index in [0.717, 1.165) is 52.3 Å². The number of hydrogen-bond acceptors (Lipinski definition) is 5. The molecular formula is C19H25N5OS. The van der Waals surface area contributed by atoms with E-state index in [2.05, 4.69) is 27.1 Å². The van der Waals surface area contributed by atoms with Crippen molar-refractivity contribution in [3.63, 3.8) is 0 Å². The minimum absolute atomic E-state index is 0.00916. The van der Waals surface area contributed by atoms with Gasteiger partial charge in [-0.1, -0.05) is 6.42 Å². The molecule has 1 fully saturated rings. The first-order valence-electron chi connectivity index (χ1n) is 9.21. The Morgan fingerprint density at radius 3 is 3.19 bits per heavy atom. The van der Waals surface area contributed by atoms with Crippen molar-refractivity contribution in [1.82, 2.24) is 15.3 Å². The second-order valence-electron chi connectivity index (χ2n) is 7.13. The van der Waals surface area contributed by atoms with Crippen molar-refractivity contribution in [3.05, 3.63) is 35.1 Å². The summed E-state index contributed by atoms with van der Waals surface area (Å²) >= 11 is 1.62. The summed E-state index contributed by atoms with van der Waals surface area (Å²) in [6, 6.07) is 2.24. The van der Waals surface area contributed by atoms with Crippen LogP contribution in [0.5, 0.6) is 0 Å². The highest BCUT2D eigenvalue weighted by molar-refractivity contribution is 8.04. The molecule has 2 aromatic heterocycles. The van der Waals surface area contributed by atoms with Gasteiger partial charge in [-0.15, -0.1) is 11.8 Å². The molecule has 26 heavy (non-hydrogen) atoms. The number of nitrogens with two attached hydrogens (primary N) is 1. The Morgan fingerprint density at radius 2 is 2.38 bits per heavy atom. The Hall–Kier alpha value is -1.99.